The van der Waals surface area contributed by atoms with Crippen LogP contribution in [0.4, 0.5) is 11.4 Å². The summed E-state index contributed by atoms with van der Waals surface area (Å²) < 4.78 is 0. The Kier molecular flexibility index (Phi) is 3.22. The lowest BCUT2D eigenvalue weighted by atomic mass is 10.1. The van der Waals surface area contributed by atoms with Crippen LogP contribution >= 0.6 is 0 Å². The molecule has 4 heteroatoms. The highest BCUT2D eigenvalue weighted by Crippen LogP contribution is 2.37. The zero-order valence-corrected chi connectivity index (χ0v) is 9.94. The van der Waals surface area contributed by atoms with Gasteiger partial charge in [0.1, 0.15) is 0 Å². The van der Waals surface area contributed by atoms with Crippen molar-refractivity contribution in [2.24, 2.45) is 11.8 Å². The van der Waals surface area contributed by atoms with Crippen LogP contribution in [0.2, 0.25) is 0 Å². The van der Waals surface area contributed by atoms with Crippen molar-refractivity contribution in [2.45, 2.75) is 19.8 Å². The number of carboxylic acids is 1. The van der Waals surface area contributed by atoms with Crippen LogP contribution in [-0.4, -0.2) is 17.6 Å². The van der Waals surface area contributed by atoms with Gasteiger partial charge in [-0.3, -0.25) is 0 Å². The van der Waals surface area contributed by atoms with Gasteiger partial charge in [0.15, 0.2) is 0 Å². The lowest BCUT2D eigenvalue weighted by Gasteiger charge is -2.16. The molecule has 1 aromatic carbocycles. The first-order chi connectivity index (χ1) is 8.09. The van der Waals surface area contributed by atoms with Gasteiger partial charge in [-0.1, -0.05) is 13.0 Å². The lowest BCUT2D eigenvalue weighted by molar-refractivity contribution is 0.0698. The van der Waals surface area contributed by atoms with Crippen molar-refractivity contribution in [3.63, 3.8) is 0 Å². The normalized spacial score (nSPS) is 16.5. The van der Waals surface area contributed by atoms with E-state index in [4.69, 9.17) is 10.8 Å². The second-order valence-corrected chi connectivity index (χ2v) is 4.77. The van der Waals surface area contributed by atoms with Crippen molar-refractivity contribution in [1.29, 1.82) is 0 Å². The molecule has 0 saturated heterocycles. The van der Waals surface area contributed by atoms with Crippen molar-refractivity contribution in [1.82, 2.24) is 0 Å². The molecule has 1 aliphatic rings. The first-order valence-corrected chi connectivity index (χ1v) is 5.95. The summed E-state index contributed by atoms with van der Waals surface area (Å²) in [5.74, 6) is 0.413. The average molecular weight is 234 g/mol. The van der Waals surface area contributed by atoms with Crippen LogP contribution in [0.15, 0.2) is 18.2 Å². The van der Waals surface area contributed by atoms with Gasteiger partial charge in [-0.2, -0.15) is 0 Å². The minimum atomic E-state index is -0.945. The van der Waals surface area contributed by atoms with Crippen molar-refractivity contribution >= 4 is 17.3 Å². The molecule has 1 atom stereocenters. The third-order valence-electron chi connectivity index (χ3n) is 3.35. The SMILES string of the molecule is CC(CNc1c(N)cccc1C(=O)O)C1CC1. The van der Waals surface area contributed by atoms with Crippen LogP contribution < -0.4 is 11.1 Å². The van der Waals surface area contributed by atoms with Crippen LogP contribution in [0.5, 0.6) is 0 Å². The Hall–Kier alpha value is -1.71. The molecule has 0 radical (unpaired) electrons. The molecule has 2 rings (SSSR count). The fourth-order valence-electron chi connectivity index (χ4n) is 2.04. The number of nitrogen functional groups attached to an aromatic ring is 1. The Bertz CT molecular complexity index is 427. The molecule has 0 heterocycles. The van der Waals surface area contributed by atoms with E-state index in [2.05, 4.69) is 12.2 Å². The number of nitrogens with one attached hydrogen (secondary N) is 1. The largest absolute Gasteiger partial charge is 0.478 e. The van der Waals surface area contributed by atoms with Crippen LogP contribution in [0.1, 0.15) is 30.1 Å². The highest BCUT2D eigenvalue weighted by atomic mass is 16.4. The van der Waals surface area contributed by atoms with E-state index in [1.54, 1.807) is 18.2 Å². The summed E-state index contributed by atoms with van der Waals surface area (Å²) in [6.45, 7) is 2.96. The molecule has 4 nitrogen and oxygen atoms in total. The molecular weight excluding hydrogens is 216 g/mol. The van der Waals surface area contributed by atoms with E-state index in [0.717, 1.165) is 12.5 Å². The number of nitrogens with two attached hydrogens (primary N) is 1. The Morgan fingerprint density at radius 3 is 2.88 bits per heavy atom. The first kappa shape index (κ1) is 11.8. The molecule has 17 heavy (non-hydrogen) atoms. The fourth-order valence-corrected chi connectivity index (χ4v) is 2.04. The molecule has 1 unspecified atom stereocenters. The molecule has 0 aliphatic heterocycles. The van der Waals surface area contributed by atoms with Gasteiger partial charge < -0.3 is 16.2 Å². The highest BCUT2D eigenvalue weighted by molar-refractivity contribution is 5.97. The summed E-state index contributed by atoms with van der Waals surface area (Å²) in [5.41, 5.74) is 7.10. The first-order valence-electron chi connectivity index (χ1n) is 5.95. The summed E-state index contributed by atoms with van der Waals surface area (Å²) in [4.78, 5) is 11.1. The van der Waals surface area contributed by atoms with Crippen LogP contribution in [-0.2, 0) is 0 Å². The molecule has 1 aliphatic carbocycles. The second-order valence-electron chi connectivity index (χ2n) is 4.77. The third kappa shape index (κ3) is 2.70. The van der Waals surface area contributed by atoms with Crippen LogP contribution in [0, 0.1) is 11.8 Å². The zero-order chi connectivity index (χ0) is 12.4. The number of anilines is 2. The summed E-state index contributed by atoms with van der Waals surface area (Å²) in [6.07, 6.45) is 2.58. The van der Waals surface area contributed by atoms with Crippen LogP contribution in [0.25, 0.3) is 0 Å². The van der Waals surface area contributed by atoms with Gasteiger partial charge in [0, 0.05) is 6.54 Å². The maximum atomic E-state index is 11.1. The molecule has 0 spiro atoms. The molecule has 1 fully saturated rings. The van der Waals surface area contributed by atoms with Gasteiger partial charge in [-0.05, 0) is 36.8 Å². The van der Waals surface area contributed by atoms with E-state index >= 15 is 0 Å². The summed E-state index contributed by atoms with van der Waals surface area (Å²) >= 11 is 0. The molecule has 0 amide bonds. The van der Waals surface area contributed by atoms with Crippen molar-refractivity contribution in [3.05, 3.63) is 23.8 Å². The predicted molar refractivity (Wildman–Crippen MR) is 68.2 cm³/mol. The number of hydrogen-bond donors (Lipinski definition) is 3. The number of rotatable bonds is 5. The van der Waals surface area contributed by atoms with Gasteiger partial charge >= 0.3 is 5.97 Å². The molecule has 92 valence electrons. The monoisotopic (exact) mass is 234 g/mol. The van der Waals surface area contributed by atoms with Gasteiger partial charge in [0.2, 0.25) is 0 Å². The van der Waals surface area contributed by atoms with Gasteiger partial charge in [0.05, 0.1) is 16.9 Å². The number of aromatic carboxylic acids is 1. The Labute approximate surface area is 101 Å². The van der Waals surface area contributed by atoms with E-state index in [0.29, 0.717) is 17.3 Å². The van der Waals surface area contributed by atoms with Crippen molar-refractivity contribution in [3.8, 4) is 0 Å². The molecule has 1 saturated carbocycles. The number of hydrogen-bond acceptors (Lipinski definition) is 3. The second kappa shape index (κ2) is 4.65. The van der Waals surface area contributed by atoms with E-state index in [-0.39, 0.29) is 5.56 Å². The fraction of sp³-hybridized carbons (Fsp3) is 0.462. The number of benzene rings is 1. The van der Waals surface area contributed by atoms with Gasteiger partial charge in [0.25, 0.3) is 0 Å². The minimum Gasteiger partial charge on any atom is -0.478 e. The summed E-state index contributed by atoms with van der Waals surface area (Å²) in [6, 6.07) is 4.95. The quantitative estimate of drug-likeness (QED) is 0.684. The number of carbonyl (C=O) groups is 1. The molecule has 0 bridgehead atoms. The zero-order valence-electron chi connectivity index (χ0n) is 9.94. The highest BCUT2D eigenvalue weighted by Gasteiger charge is 2.27. The predicted octanol–water partition coefficient (Wildman–Crippen LogP) is 2.43. The molecule has 4 N–H and O–H groups in total. The third-order valence-corrected chi connectivity index (χ3v) is 3.35. The smallest absolute Gasteiger partial charge is 0.337 e. The maximum absolute atomic E-state index is 11.1. The maximum Gasteiger partial charge on any atom is 0.337 e. The Balaban J connectivity index is 2.10. The topological polar surface area (TPSA) is 75.3 Å². The van der Waals surface area contributed by atoms with Gasteiger partial charge in [-0.15, -0.1) is 0 Å². The molecule has 1 aromatic rings. The van der Waals surface area contributed by atoms with Gasteiger partial charge in [-0.25, -0.2) is 4.79 Å². The van der Waals surface area contributed by atoms with Crippen molar-refractivity contribution < 1.29 is 9.90 Å². The molecule has 0 aromatic heterocycles. The Morgan fingerprint density at radius 2 is 2.29 bits per heavy atom. The lowest BCUT2D eigenvalue weighted by Crippen LogP contribution is -2.16. The van der Waals surface area contributed by atoms with Crippen LogP contribution in [0.3, 0.4) is 0 Å². The van der Waals surface area contributed by atoms with E-state index < -0.39 is 5.97 Å². The van der Waals surface area contributed by atoms with E-state index in [9.17, 15) is 4.79 Å². The molecular formula is C13H18N2O2. The minimum absolute atomic E-state index is 0.244. The van der Waals surface area contributed by atoms with E-state index in [1.165, 1.54) is 12.8 Å². The summed E-state index contributed by atoms with van der Waals surface area (Å²) in [5, 5.41) is 12.3. The Morgan fingerprint density at radius 1 is 1.59 bits per heavy atom. The van der Waals surface area contributed by atoms with Crippen molar-refractivity contribution in [2.75, 3.05) is 17.6 Å². The average Bonchev–Trinajstić information content (AvgIpc) is 3.10. The van der Waals surface area contributed by atoms with E-state index in [1.807, 2.05) is 0 Å². The number of para-hydroxylation sites is 1. The summed E-state index contributed by atoms with van der Waals surface area (Å²) in [7, 11) is 0. The number of carboxylic acid groups (broad SMARTS) is 1. The standard InChI is InChI=1S/C13H18N2O2/c1-8(9-5-6-9)7-15-12-10(13(16)17)3-2-4-11(12)14/h2-4,8-9,15H,5-7,14H2,1H3,(H,16,17).